The number of carbonyl (C=O) groups excluding carboxylic acids is 1. The Hall–Kier alpha value is -1.39. The molecule has 0 bridgehead atoms. The Labute approximate surface area is 125 Å². The van der Waals surface area contributed by atoms with Gasteiger partial charge >= 0.3 is 0 Å². The zero-order valence-electron chi connectivity index (χ0n) is 10.2. The van der Waals surface area contributed by atoms with Crippen LogP contribution in [-0.2, 0) is 0 Å². The number of carbonyl (C=O) groups is 1. The molecule has 0 saturated heterocycles. The van der Waals surface area contributed by atoms with E-state index in [4.69, 9.17) is 11.6 Å². The first kappa shape index (κ1) is 14.0. The number of amides is 1. The largest absolute Gasteiger partial charge is 0.345 e. The molecule has 5 heteroatoms. The van der Waals surface area contributed by atoms with Crippen LogP contribution in [0.1, 0.15) is 28.9 Å². The van der Waals surface area contributed by atoms with Crippen molar-refractivity contribution in [3.63, 3.8) is 0 Å². The van der Waals surface area contributed by atoms with E-state index >= 15 is 0 Å². The predicted octanol–water partition coefficient (Wildman–Crippen LogP) is 3.99. The van der Waals surface area contributed by atoms with E-state index < -0.39 is 0 Å². The number of nitrogens with zero attached hydrogens (tertiary/aromatic N) is 1. The van der Waals surface area contributed by atoms with Crippen LogP contribution >= 0.6 is 27.5 Å². The highest BCUT2D eigenvalue weighted by atomic mass is 79.9. The summed E-state index contributed by atoms with van der Waals surface area (Å²) in [6.07, 6.45) is 3.17. The summed E-state index contributed by atoms with van der Waals surface area (Å²) in [6.45, 7) is 1.92. The topological polar surface area (TPSA) is 42.0 Å². The average Bonchev–Trinajstić information content (AvgIpc) is 2.39. The van der Waals surface area contributed by atoms with Gasteiger partial charge in [0.25, 0.3) is 5.91 Å². The van der Waals surface area contributed by atoms with Crippen molar-refractivity contribution in [3.05, 3.63) is 63.3 Å². The third kappa shape index (κ3) is 3.78. The molecule has 1 heterocycles. The van der Waals surface area contributed by atoms with Gasteiger partial charge in [0.05, 0.1) is 11.6 Å². The predicted molar refractivity (Wildman–Crippen MR) is 79.3 cm³/mol. The van der Waals surface area contributed by atoms with Crippen LogP contribution in [0, 0.1) is 0 Å². The van der Waals surface area contributed by atoms with E-state index in [2.05, 4.69) is 26.2 Å². The quantitative estimate of drug-likeness (QED) is 0.918. The minimum Gasteiger partial charge on any atom is -0.345 e. The third-order valence-electron chi connectivity index (χ3n) is 2.68. The summed E-state index contributed by atoms with van der Waals surface area (Å²) in [7, 11) is 0. The van der Waals surface area contributed by atoms with Gasteiger partial charge in [-0.25, -0.2) is 0 Å². The Bertz CT molecular complexity index is 586. The highest BCUT2D eigenvalue weighted by Crippen LogP contribution is 2.17. The first-order valence-corrected chi connectivity index (χ1v) is 6.90. The molecule has 19 heavy (non-hydrogen) atoms. The number of aromatic nitrogens is 1. The number of nitrogens with one attached hydrogen (secondary N) is 1. The van der Waals surface area contributed by atoms with Crippen molar-refractivity contribution in [1.29, 1.82) is 0 Å². The summed E-state index contributed by atoms with van der Waals surface area (Å²) >= 11 is 9.13. The van der Waals surface area contributed by atoms with Gasteiger partial charge in [0.2, 0.25) is 0 Å². The van der Waals surface area contributed by atoms with Crippen LogP contribution in [0.25, 0.3) is 0 Å². The maximum absolute atomic E-state index is 12.0. The second kappa shape index (κ2) is 6.17. The molecule has 0 aliphatic carbocycles. The molecule has 1 N–H and O–H groups in total. The van der Waals surface area contributed by atoms with Crippen molar-refractivity contribution in [2.45, 2.75) is 13.0 Å². The fourth-order valence-electron chi connectivity index (χ4n) is 1.65. The molecule has 0 aliphatic heterocycles. The Kier molecular flexibility index (Phi) is 4.56. The summed E-state index contributed by atoms with van der Waals surface area (Å²) in [5.74, 6) is -0.156. The smallest absolute Gasteiger partial charge is 0.253 e. The molecule has 2 rings (SSSR count). The fourth-order valence-corrected chi connectivity index (χ4v) is 2.14. The van der Waals surface area contributed by atoms with Crippen molar-refractivity contribution in [3.8, 4) is 0 Å². The van der Waals surface area contributed by atoms with Crippen molar-refractivity contribution < 1.29 is 4.79 Å². The Morgan fingerprint density at radius 2 is 2.00 bits per heavy atom. The van der Waals surface area contributed by atoms with E-state index in [1.165, 1.54) is 6.20 Å². The lowest BCUT2D eigenvalue weighted by Gasteiger charge is -2.14. The van der Waals surface area contributed by atoms with Gasteiger partial charge in [0, 0.05) is 21.9 Å². The van der Waals surface area contributed by atoms with Crippen LogP contribution < -0.4 is 5.32 Å². The van der Waals surface area contributed by atoms with Crippen molar-refractivity contribution >= 4 is 33.4 Å². The summed E-state index contributed by atoms with van der Waals surface area (Å²) in [6, 6.07) is 9.04. The van der Waals surface area contributed by atoms with Crippen LogP contribution in [0.2, 0.25) is 5.02 Å². The molecule has 0 unspecified atom stereocenters. The fraction of sp³-hybridized carbons (Fsp3) is 0.143. The number of halogens is 2. The second-order valence-corrected chi connectivity index (χ2v) is 5.49. The van der Waals surface area contributed by atoms with Gasteiger partial charge in [-0.05, 0) is 46.6 Å². The monoisotopic (exact) mass is 338 g/mol. The maximum Gasteiger partial charge on any atom is 0.253 e. The first-order chi connectivity index (χ1) is 9.06. The van der Waals surface area contributed by atoms with E-state index in [-0.39, 0.29) is 11.9 Å². The van der Waals surface area contributed by atoms with Gasteiger partial charge in [-0.1, -0.05) is 23.7 Å². The normalized spacial score (nSPS) is 11.9. The molecule has 0 saturated carbocycles. The van der Waals surface area contributed by atoms with Crippen LogP contribution in [-0.4, -0.2) is 10.9 Å². The summed E-state index contributed by atoms with van der Waals surface area (Å²) in [5.41, 5.74) is 1.52. The van der Waals surface area contributed by atoms with E-state index in [1.54, 1.807) is 24.4 Å². The summed E-state index contributed by atoms with van der Waals surface area (Å²) in [5, 5.41) is 3.60. The summed E-state index contributed by atoms with van der Waals surface area (Å²) < 4.78 is 0.777. The number of rotatable bonds is 3. The molecule has 0 fully saturated rings. The second-order valence-electron chi connectivity index (χ2n) is 4.14. The molecule has 3 nitrogen and oxygen atoms in total. The lowest BCUT2D eigenvalue weighted by molar-refractivity contribution is 0.0939. The third-order valence-corrected chi connectivity index (χ3v) is 3.37. The van der Waals surface area contributed by atoms with Gasteiger partial charge in [-0.15, -0.1) is 0 Å². The Balaban J connectivity index is 2.08. The van der Waals surface area contributed by atoms with E-state index in [9.17, 15) is 4.79 Å². The van der Waals surface area contributed by atoms with Crippen LogP contribution in [0.3, 0.4) is 0 Å². The highest BCUT2D eigenvalue weighted by molar-refractivity contribution is 9.10. The van der Waals surface area contributed by atoms with Gasteiger partial charge in [-0.3, -0.25) is 9.78 Å². The van der Waals surface area contributed by atoms with Gasteiger partial charge in [0.15, 0.2) is 0 Å². The zero-order chi connectivity index (χ0) is 13.8. The molecule has 0 radical (unpaired) electrons. The molecular formula is C14H12BrClN2O. The molecular weight excluding hydrogens is 328 g/mol. The molecule has 0 spiro atoms. The standard InChI is InChI=1S/C14H12BrClN2O/c1-9(10-2-4-13(16)5-3-10)18-14(19)11-6-12(15)8-17-7-11/h2-9H,1H3,(H,18,19)/t9-/m1/s1. The zero-order valence-corrected chi connectivity index (χ0v) is 12.6. The number of benzene rings is 1. The lowest BCUT2D eigenvalue weighted by Crippen LogP contribution is -2.26. The van der Waals surface area contributed by atoms with E-state index in [0.29, 0.717) is 10.6 Å². The van der Waals surface area contributed by atoms with E-state index in [1.807, 2.05) is 19.1 Å². The van der Waals surface area contributed by atoms with Gasteiger partial charge < -0.3 is 5.32 Å². The molecule has 0 aliphatic rings. The minimum absolute atomic E-state index is 0.0938. The van der Waals surface area contributed by atoms with Gasteiger partial charge in [0.1, 0.15) is 0 Å². The highest BCUT2D eigenvalue weighted by Gasteiger charge is 2.11. The SMILES string of the molecule is C[C@@H](NC(=O)c1cncc(Br)c1)c1ccc(Cl)cc1. The maximum atomic E-state index is 12.0. The Morgan fingerprint density at radius 1 is 1.32 bits per heavy atom. The Morgan fingerprint density at radius 3 is 2.63 bits per heavy atom. The molecule has 1 amide bonds. The summed E-state index contributed by atoms with van der Waals surface area (Å²) in [4.78, 5) is 16.0. The minimum atomic E-state index is -0.156. The van der Waals surface area contributed by atoms with E-state index in [0.717, 1.165) is 10.0 Å². The molecule has 1 aromatic carbocycles. The van der Waals surface area contributed by atoms with Crippen LogP contribution in [0.15, 0.2) is 47.2 Å². The van der Waals surface area contributed by atoms with Crippen molar-refractivity contribution in [2.75, 3.05) is 0 Å². The number of hydrogen-bond donors (Lipinski definition) is 1. The average molecular weight is 340 g/mol. The molecule has 2 aromatic rings. The molecule has 1 aromatic heterocycles. The van der Waals surface area contributed by atoms with Crippen LogP contribution in [0.4, 0.5) is 0 Å². The first-order valence-electron chi connectivity index (χ1n) is 5.73. The van der Waals surface area contributed by atoms with Crippen LogP contribution in [0.5, 0.6) is 0 Å². The molecule has 1 atom stereocenters. The number of hydrogen-bond acceptors (Lipinski definition) is 2. The van der Waals surface area contributed by atoms with Gasteiger partial charge in [-0.2, -0.15) is 0 Å². The number of pyridine rings is 1. The lowest BCUT2D eigenvalue weighted by atomic mass is 10.1. The molecule has 98 valence electrons. The van der Waals surface area contributed by atoms with Crippen molar-refractivity contribution in [2.24, 2.45) is 0 Å². The van der Waals surface area contributed by atoms with Crippen molar-refractivity contribution in [1.82, 2.24) is 10.3 Å².